The number of anilines is 1. The Balaban J connectivity index is 0.000000724. The molecular formula is C28H31ClF5N3O2. The molecule has 2 aromatic rings. The van der Waals surface area contributed by atoms with Crippen LogP contribution in [0.1, 0.15) is 52.5 Å². The monoisotopic (exact) mass is 571 g/mol. The molecule has 0 aromatic heterocycles. The summed E-state index contributed by atoms with van der Waals surface area (Å²) in [4.78, 5) is 12.7. The van der Waals surface area contributed by atoms with E-state index in [9.17, 15) is 26.7 Å². The molecule has 11 heteroatoms. The number of carbonyl (C=O) groups is 1. The van der Waals surface area contributed by atoms with Crippen molar-refractivity contribution in [1.82, 2.24) is 5.32 Å². The number of methoxy groups -OCH3 is 1. The van der Waals surface area contributed by atoms with E-state index in [1.807, 2.05) is 6.92 Å². The molecule has 1 amide bonds. The largest absolute Gasteiger partial charge is 0.496 e. The molecule has 0 aliphatic carbocycles. The number of alkyl halides is 3. The first-order valence-electron chi connectivity index (χ1n) is 11.5. The summed E-state index contributed by atoms with van der Waals surface area (Å²) >= 11 is 5.39. The van der Waals surface area contributed by atoms with E-state index in [-0.39, 0.29) is 18.4 Å². The van der Waals surface area contributed by atoms with Crippen LogP contribution in [-0.2, 0) is 12.7 Å². The molecule has 0 aliphatic heterocycles. The van der Waals surface area contributed by atoms with Gasteiger partial charge in [-0.05, 0) is 63.4 Å². The Morgan fingerprint density at radius 1 is 1.21 bits per heavy atom. The quantitative estimate of drug-likeness (QED) is 0.213. The van der Waals surface area contributed by atoms with Crippen molar-refractivity contribution < 1.29 is 31.5 Å². The molecule has 212 valence electrons. The lowest BCUT2D eigenvalue weighted by molar-refractivity contribution is -0.137. The fraction of sp³-hybridized carbons (Fsp3) is 0.250. The van der Waals surface area contributed by atoms with E-state index in [2.05, 4.69) is 23.8 Å². The van der Waals surface area contributed by atoms with Crippen molar-refractivity contribution >= 4 is 29.3 Å². The standard InChI is InChI=1S/C21H23F4N3O2.C7H8ClF/c1-5-16-18(11(2)27-3)17(8-13(10-26)19(16)30-4)28-20(29)12-6-14(21(23,24)25)9-15(22)7-12;1-3-7(9)5-4-6(2)8/h5-9,11,27H,1,10,26H2,2-4H3,(H,28,29);3-5H,1H2,2H3/b;6-4+,7-5+. The van der Waals surface area contributed by atoms with E-state index in [4.69, 9.17) is 22.1 Å². The van der Waals surface area contributed by atoms with Gasteiger partial charge in [0.25, 0.3) is 5.91 Å². The second-order valence-corrected chi connectivity index (χ2v) is 8.65. The van der Waals surface area contributed by atoms with Gasteiger partial charge in [-0.15, -0.1) is 0 Å². The second kappa shape index (κ2) is 15.2. The molecule has 0 saturated heterocycles. The molecule has 1 unspecified atom stereocenters. The molecule has 0 saturated carbocycles. The van der Waals surface area contributed by atoms with Gasteiger partial charge in [-0.3, -0.25) is 4.79 Å². The Morgan fingerprint density at radius 3 is 2.31 bits per heavy atom. The Labute approximate surface area is 229 Å². The Bertz CT molecular complexity index is 1250. The van der Waals surface area contributed by atoms with E-state index in [1.54, 1.807) is 26.1 Å². The highest BCUT2D eigenvalue weighted by Crippen LogP contribution is 2.38. The normalized spacial score (nSPS) is 12.7. The van der Waals surface area contributed by atoms with Crippen LogP contribution in [0, 0.1) is 5.82 Å². The van der Waals surface area contributed by atoms with Crippen molar-refractivity contribution in [2.75, 3.05) is 19.5 Å². The zero-order valence-electron chi connectivity index (χ0n) is 22.0. The number of amides is 1. The van der Waals surface area contributed by atoms with Crippen LogP contribution < -0.4 is 21.1 Å². The van der Waals surface area contributed by atoms with Crippen LogP contribution in [0.15, 0.2) is 66.5 Å². The maximum atomic E-state index is 13.7. The van der Waals surface area contributed by atoms with Crippen molar-refractivity contribution in [2.24, 2.45) is 5.73 Å². The second-order valence-electron chi connectivity index (χ2n) is 8.05. The van der Waals surface area contributed by atoms with Crippen molar-refractivity contribution in [3.05, 3.63) is 100 Å². The molecule has 4 N–H and O–H groups in total. The van der Waals surface area contributed by atoms with Crippen LogP contribution in [0.4, 0.5) is 27.6 Å². The summed E-state index contributed by atoms with van der Waals surface area (Å²) in [6.45, 7) is 10.6. The molecule has 2 rings (SSSR count). The number of carbonyl (C=O) groups excluding carboxylic acids is 1. The van der Waals surface area contributed by atoms with E-state index in [1.165, 1.54) is 19.3 Å². The van der Waals surface area contributed by atoms with Gasteiger partial charge in [0.05, 0.1) is 12.7 Å². The van der Waals surface area contributed by atoms with Crippen LogP contribution in [0.5, 0.6) is 5.75 Å². The lowest BCUT2D eigenvalue weighted by atomic mass is 9.94. The van der Waals surface area contributed by atoms with Gasteiger partial charge in [-0.25, -0.2) is 8.78 Å². The SMILES string of the molecule is C=C/C(F)=C\C=C(/C)Cl.C=Cc1c(OC)c(CN)cc(NC(=O)c2cc(F)cc(C(F)(F)F)c2)c1C(C)NC. The Kier molecular flexibility index (Phi) is 13.1. The minimum atomic E-state index is -4.79. The van der Waals surface area contributed by atoms with Crippen LogP contribution in [-0.4, -0.2) is 20.1 Å². The number of ether oxygens (including phenoxy) is 1. The van der Waals surface area contributed by atoms with Gasteiger partial charge in [0, 0.05) is 45.6 Å². The zero-order valence-corrected chi connectivity index (χ0v) is 22.7. The third-order valence-electron chi connectivity index (χ3n) is 5.33. The maximum Gasteiger partial charge on any atom is 0.416 e. The fourth-order valence-corrected chi connectivity index (χ4v) is 3.47. The molecule has 2 aromatic carbocycles. The molecular weight excluding hydrogens is 541 g/mol. The number of rotatable bonds is 9. The summed E-state index contributed by atoms with van der Waals surface area (Å²) in [5, 5.41) is 6.17. The van der Waals surface area contributed by atoms with Crippen molar-refractivity contribution in [1.29, 1.82) is 0 Å². The van der Waals surface area contributed by atoms with Crippen LogP contribution in [0.2, 0.25) is 0 Å². The lowest BCUT2D eigenvalue weighted by Crippen LogP contribution is -2.21. The average molecular weight is 572 g/mol. The molecule has 0 bridgehead atoms. The lowest BCUT2D eigenvalue weighted by Gasteiger charge is -2.23. The zero-order chi connectivity index (χ0) is 29.9. The predicted octanol–water partition coefficient (Wildman–Crippen LogP) is 7.66. The highest BCUT2D eigenvalue weighted by molar-refractivity contribution is 6.29. The molecule has 0 fully saturated rings. The fourth-order valence-electron chi connectivity index (χ4n) is 3.41. The highest BCUT2D eigenvalue weighted by atomic mass is 35.5. The summed E-state index contributed by atoms with van der Waals surface area (Å²) in [5.41, 5.74) is 6.12. The summed E-state index contributed by atoms with van der Waals surface area (Å²) in [6.07, 6.45) is 0.608. The molecule has 0 spiro atoms. The van der Waals surface area contributed by atoms with E-state index in [0.29, 0.717) is 45.3 Å². The van der Waals surface area contributed by atoms with E-state index >= 15 is 0 Å². The van der Waals surface area contributed by atoms with Crippen LogP contribution in [0.3, 0.4) is 0 Å². The van der Waals surface area contributed by atoms with Crippen LogP contribution in [0.25, 0.3) is 6.08 Å². The number of halogens is 6. The summed E-state index contributed by atoms with van der Waals surface area (Å²) < 4.78 is 70.3. The number of benzene rings is 2. The average Bonchev–Trinajstić information content (AvgIpc) is 2.89. The number of hydrogen-bond donors (Lipinski definition) is 3. The van der Waals surface area contributed by atoms with Crippen molar-refractivity contribution in [3.63, 3.8) is 0 Å². The topological polar surface area (TPSA) is 76.4 Å². The third kappa shape index (κ3) is 9.65. The Morgan fingerprint density at radius 2 is 1.85 bits per heavy atom. The van der Waals surface area contributed by atoms with E-state index in [0.717, 1.165) is 12.1 Å². The van der Waals surface area contributed by atoms with Gasteiger partial charge in [-0.2, -0.15) is 13.2 Å². The molecule has 39 heavy (non-hydrogen) atoms. The minimum absolute atomic E-state index is 0.0826. The van der Waals surface area contributed by atoms with Gasteiger partial charge in [0.1, 0.15) is 17.4 Å². The molecule has 5 nitrogen and oxygen atoms in total. The van der Waals surface area contributed by atoms with Gasteiger partial charge < -0.3 is 21.1 Å². The highest BCUT2D eigenvalue weighted by Gasteiger charge is 2.32. The summed E-state index contributed by atoms with van der Waals surface area (Å²) in [7, 11) is 3.17. The molecule has 0 heterocycles. The number of nitrogens with two attached hydrogens (primary N) is 1. The number of hydrogen-bond acceptors (Lipinski definition) is 4. The molecule has 0 aliphatic rings. The first-order valence-corrected chi connectivity index (χ1v) is 11.9. The first kappa shape index (κ1) is 33.6. The summed E-state index contributed by atoms with van der Waals surface area (Å²) in [5.74, 6) is -1.96. The van der Waals surface area contributed by atoms with E-state index < -0.39 is 29.0 Å². The molecule has 1 atom stereocenters. The maximum absolute atomic E-state index is 13.7. The van der Waals surface area contributed by atoms with Crippen molar-refractivity contribution in [3.8, 4) is 5.75 Å². The van der Waals surface area contributed by atoms with Gasteiger partial charge >= 0.3 is 6.18 Å². The van der Waals surface area contributed by atoms with Gasteiger partial charge in [0.15, 0.2) is 0 Å². The summed E-state index contributed by atoms with van der Waals surface area (Å²) in [6, 6.07) is 2.97. The smallest absolute Gasteiger partial charge is 0.416 e. The first-order chi connectivity index (χ1) is 18.2. The third-order valence-corrected chi connectivity index (χ3v) is 5.46. The number of allylic oxidation sites excluding steroid dienone is 5. The van der Waals surface area contributed by atoms with Crippen LogP contribution >= 0.6 is 11.6 Å². The number of nitrogens with one attached hydrogen (secondary N) is 2. The van der Waals surface area contributed by atoms with Crippen molar-refractivity contribution in [2.45, 2.75) is 32.6 Å². The minimum Gasteiger partial charge on any atom is -0.496 e. The predicted molar refractivity (Wildman–Crippen MR) is 147 cm³/mol. The molecule has 0 radical (unpaired) electrons. The van der Waals surface area contributed by atoms with Gasteiger partial charge in [0.2, 0.25) is 0 Å². The van der Waals surface area contributed by atoms with Gasteiger partial charge in [-0.1, -0.05) is 30.8 Å². The Hall–Kier alpha value is -3.47.